The number of carbonyl (C=O) groups excluding carboxylic acids is 1. The minimum atomic E-state index is -1.21. The van der Waals surface area contributed by atoms with E-state index in [0.29, 0.717) is 27.2 Å². The van der Waals surface area contributed by atoms with Crippen molar-refractivity contribution in [3.05, 3.63) is 64.7 Å². The van der Waals surface area contributed by atoms with Crippen molar-refractivity contribution in [2.24, 2.45) is 0 Å². The van der Waals surface area contributed by atoms with Gasteiger partial charge in [-0.1, -0.05) is 35.3 Å². The third-order valence-corrected chi connectivity index (χ3v) is 3.17. The molecule has 2 N–H and O–H groups in total. The number of hydrogen-bond acceptors (Lipinski definition) is 3. The molecule has 5 nitrogen and oxygen atoms in total. The molecule has 0 aliphatic rings. The number of aliphatic carboxylic acids is 1. The Balaban J connectivity index is 2.20. The van der Waals surface area contributed by atoms with Crippen molar-refractivity contribution >= 4 is 40.8 Å². The Hall–Kier alpha value is -2.50. The fourth-order valence-corrected chi connectivity index (χ4v) is 2.10. The standard InChI is InChI=1S/C16H11Cl2NO4/c17-10-5-6-13(11(18)9-10)23-14-4-2-1-3-12(14)19-15(20)7-8-16(21)22/h1-9H,(H,19,20)(H,21,22)/b8-7+. The average molecular weight is 352 g/mol. The number of rotatable bonds is 5. The fraction of sp³-hybridized carbons (Fsp3) is 0. The first kappa shape index (κ1) is 16.9. The van der Waals surface area contributed by atoms with Crippen LogP contribution >= 0.6 is 23.2 Å². The zero-order valence-electron chi connectivity index (χ0n) is 11.6. The molecule has 0 radical (unpaired) electrons. The summed E-state index contributed by atoms with van der Waals surface area (Å²) in [6.45, 7) is 0. The number of anilines is 1. The maximum Gasteiger partial charge on any atom is 0.328 e. The second kappa shape index (κ2) is 7.67. The number of para-hydroxylation sites is 2. The van der Waals surface area contributed by atoms with E-state index in [0.717, 1.165) is 12.2 Å². The van der Waals surface area contributed by atoms with Gasteiger partial charge in [0.15, 0.2) is 5.75 Å². The molecule has 0 spiro atoms. The quantitative estimate of drug-likeness (QED) is 0.784. The molecule has 0 aromatic heterocycles. The number of ether oxygens (including phenoxy) is 1. The highest BCUT2D eigenvalue weighted by atomic mass is 35.5. The van der Waals surface area contributed by atoms with Crippen LogP contribution in [0.3, 0.4) is 0 Å². The number of benzene rings is 2. The molecule has 0 saturated heterocycles. The summed E-state index contributed by atoms with van der Waals surface area (Å²) in [6, 6.07) is 11.4. The summed E-state index contributed by atoms with van der Waals surface area (Å²) in [7, 11) is 0. The minimum Gasteiger partial charge on any atom is -0.478 e. The maximum absolute atomic E-state index is 11.7. The molecule has 118 valence electrons. The third kappa shape index (κ3) is 5.02. The van der Waals surface area contributed by atoms with Gasteiger partial charge in [0.2, 0.25) is 5.91 Å². The molecule has 23 heavy (non-hydrogen) atoms. The van der Waals surface area contributed by atoms with Crippen molar-refractivity contribution in [3.8, 4) is 11.5 Å². The van der Waals surface area contributed by atoms with Gasteiger partial charge in [0.05, 0.1) is 10.7 Å². The predicted octanol–water partition coefficient (Wildman–Crippen LogP) is 4.37. The Morgan fingerprint density at radius 2 is 1.78 bits per heavy atom. The highest BCUT2D eigenvalue weighted by molar-refractivity contribution is 6.35. The summed E-state index contributed by atoms with van der Waals surface area (Å²) in [5, 5.41) is 11.8. The smallest absolute Gasteiger partial charge is 0.328 e. The summed E-state index contributed by atoms with van der Waals surface area (Å²) in [6.07, 6.45) is 1.66. The van der Waals surface area contributed by atoms with Crippen LogP contribution in [0.2, 0.25) is 10.0 Å². The number of nitrogens with one attached hydrogen (secondary N) is 1. The van der Waals surface area contributed by atoms with Gasteiger partial charge < -0.3 is 15.2 Å². The summed E-state index contributed by atoms with van der Waals surface area (Å²) >= 11 is 11.9. The van der Waals surface area contributed by atoms with E-state index in [1.807, 2.05) is 0 Å². The van der Waals surface area contributed by atoms with Crippen LogP contribution < -0.4 is 10.1 Å². The highest BCUT2D eigenvalue weighted by Crippen LogP contribution is 2.34. The van der Waals surface area contributed by atoms with Gasteiger partial charge in [-0.3, -0.25) is 4.79 Å². The molecule has 7 heteroatoms. The molecular weight excluding hydrogens is 341 g/mol. The van der Waals surface area contributed by atoms with Crippen LogP contribution in [0.5, 0.6) is 11.5 Å². The summed E-state index contributed by atoms with van der Waals surface area (Å²) in [5.74, 6) is -1.07. The van der Waals surface area contributed by atoms with E-state index < -0.39 is 11.9 Å². The van der Waals surface area contributed by atoms with Gasteiger partial charge >= 0.3 is 5.97 Å². The van der Waals surface area contributed by atoms with E-state index in [1.165, 1.54) is 6.07 Å². The Morgan fingerprint density at radius 1 is 1.04 bits per heavy atom. The van der Waals surface area contributed by atoms with Gasteiger partial charge in [-0.15, -0.1) is 0 Å². The van der Waals surface area contributed by atoms with Gasteiger partial charge in [0.1, 0.15) is 5.75 Å². The van der Waals surface area contributed by atoms with Crippen molar-refractivity contribution in [1.29, 1.82) is 0 Å². The number of amides is 1. The predicted molar refractivity (Wildman–Crippen MR) is 88.4 cm³/mol. The summed E-state index contributed by atoms with van der Waals surface area (Å²) < 4.78 is 5.68. The van der Waals surface area contributed by atoms with Crippen molar-refractivity contribution < 1.29 is 19.4 Å². The highest BCUT2D eigenvalue weighted by Gasteiger charge is 2.09. The molecule has 0 fully saturated rings. The molecular formula is C16H11Cl2NO4. The van der Waals surface area contributed by atoms with Crippen molar-refractivity contribution in [3.63, 3.8) is 0 Å². The first-order valence-corrected chi connectivity index (χ1v) is 7.15. The molecule has 2 aromatic carbocycles. The van der Waals surface area contributed by atoms with Crippen molar-refractivity contribution in [1.82, 2.24) is 0 Å². The van der Waals surface area contributed by atoms with Crippen LogP contribution in [0.15, 0.2) is 54.6 Å². The minimum absolute atomic E-state index is 0.324. The number of hydrogen-bond donors (Lipinski definition) is 2. The first-order chi connectivity index (χ1) is 11.0. The number of carbonyl (C=O) groups is 2. The Labute approximate surface area is 142 Å². The van der Waals surface area contributed by atoms with E-state index in [9.17, 15) is 9.59 Å². The second-order valence-corrected chi connectivity index (χ2v) is 5.18. The Kier molecular flexibility index (Phi) is 5.62. The van der Waals surface area contributed by atoms with E-state index in [4.69, 9.17) is 33.0 Å². The maximum atomic E-state index is 11.7. The summed E-state index contributed by atoms with van der Waals surface area (Å²) in [5.41, 5.74) is 0.374. The van der Waals surface area contributed by atoms with Gasteiger partial charge in [0, 0.05) is 17.2 Å². The lowest BCUT2D eigenvalue weighted by molar-refractivity contribution is -0.131. The monoisotopic (exact) mass is 351 g/mol. The number of carboxylic acid groups (broad SMARTS) is 1. The number of halogens is 2. The summed E-state index contributed by atoms with van der Waals surface area (Å²) in [4.78, 5) is 22.1. The van der Waals surface area contributed by atoms with E-state index in [2.05, 4.69) is 5.32 Å². The molecule has 2 rings (SSSR count). The molecule has 1 amide bonds. The number of carboxylic acids is 1. The molecule has 0 aliphatic carbocycles. The van der Waals surface area contributed by atoms with E-state index >= 15 is 0 Å². The van der Waals surface area contributed by atoms with Crippen LogP contribution in [0.4, 0.5) is 5.69 Å². The molecule has 0 atom stereocenters. The average Bonchev–Trinajstić information content (AvgIpc) is 2.50. The van der Waals surface area contributed by atoms with E-state index in [-0.39, 0.29) is 0 Å². The van der Waals surface area contributed by atoms with Crippen molar-refractivity contribution in [2.75, 3.05) is 5.32 Å². The fourth-order valence-electron chi connectivity index (χ4n) is 1.66. The largest absolute Gasteiger partial charge is 0.478 e. The van der Waals surface area contributed by atoms with Crippen LogP contribution in [-0.2, 0) is 9.59 Å². The lowest BCUT2D eigenvalue weighted by Gasteiger charge is -2.12. The molecule has 0 bridgehead atoms. The van der Waals surface area contributed by atoms with Gasteiger partial charge in [-0.2, -0.15) is 0 Å². The van der Waals surface area contributed by atoms with Crippen LogP contribution in [0.1, 0.15) is 0 Å². The Bertz CT molecular complexity index is 774. The van der Waals surface area contributed by atoms with Crippen molar-refractivity contribution in [2.45, 2.75) is 0 Å². The third-order valence-electron chi connectivity index (χ3n) is 2.64. The molecule has 0 aliphatic heterocycles. The zero-order valence-corrected chi connectivity index (χ0v) is 13.1. The molecule has 0 unspecified atom stereocenters. The van der Waals surface area contributed by atoms with E-state index in [1.54, 1.807) is 36.4 Å². The second-order valence-electron chi connectivity index (χ2n) is 4.33. The molecule has 2 aromatic rings. The Morgan fingerprint density at radius 3 is 2.48 bits per heavy atom. The molecule has 0 saturated carbocycles. The SMILES string of the molecule is O=C(O)/C=C/C(=O)Nc1ccccc1Oc1ccc(Cl)cc1Cl. The van der Waals surface area contributed by atoms with Crippen LogP contribution in [0.25, 0.3) is 0 Å². The lowest BCUT2D eigenvalue weighted by atomic mass is 10.2. The zero-order chi connectivity index (χ0) is 16.8. The van der Waals surface area contributed by atoms with Crippen LogP contribution in [-0.4, -0.2) is 17.0 Å². The molecule has 0 heterocycles. The topological polar surface area (TPSA) is 75.6 Å². The van der Waals surface area contributed by atoms with Gasteiger partial charge in [-0.25, -0.2) is 4.79 Å². The van der Waals surface area contributed by atoms with Gasteiger partial charge in [0.25, 0.3) is 0 Å². The van der Waals surface area contributed by atoms with Crippen LogP contribution in [0, 0.1) is 0 Å². The first-order valence-electron chi connectivity index (χ1n) is 6.39. The normalized spacial score (nSPS) is 10.5. The van der Waals surface area contributed by atoms with Gasteiger partial charge in [-0.05, 0) is 30.3 Å². The lowest BCUT2D eigenvalue weighted by Crippen LogP contribution is -2.09.